The highest BCUT2D eigenvalue weighted by molar-refractivity contribution is 5.75. The number of carbonyl (C=O) groups is 1. The van der Waals surface area contributed by atoms with Gasteiger partial charge in [-0.3, -0.25) is 4.79 Å². The van der Waals surface area contributed by atoms with E-state index in [2.05, 4.69) is 0 Å². The van der Waals surface area contributed by atoms with Crippen molar-refractivity contribution in [1.29, 1.82) is 0 Å². The SMILES string of the molecule is O=C1Cc2cccc(O)c2CO1. The average Bonchev–Trinajstić information content (AvgIpc) is 2.04. The van der Waals surface area contributed by atoms with Crippen molar-refractivity contribution in [2.24, 2.45) is 0 Å². The second-order valence-electron chi connectivity index (χ2n) is 2.75. The molecule has 1 N–H and O–H groups in total. The lowest BCUT2D eigenvalue weighted by Gasteiger charge is -2.16. The second-order valence-corrected chi connectivity index (χ2v) is 2.75. The molecule has 0 spiro atoms. The number of phenols is 1. The van der Waals surface area contributed by atoms with Crippen molar-refractivity contribution in [3.05, 3.63) is 29.3 Å². The summed E-state index contributed by atoms with van der Waals surface area (Å²) in [7, 11) is 0. The molecule has 0 fully saturated rings. The predicted octanol–water partition coefficient (Wildman–Crippen LogP) is 0.991. The van der Waals surface area contributed by atoms with Crippen molar-refractivity contribution < 1.29 is 14.6 Å². The molecule has 0 atom stereocenters. The van der Waals surface area contributed by atoms with Crippen LogP contribution in [0.5, 0.6) is 5.75 Å². The van der Waals surface area contributed by atoms with Gasteiger partial charge in [-0.05, 0) is 11.6 Å². The summed E-state index contributed by atoms with van der Waals surface area (Å²) < 4.78 is 4.79. The van der Waals surface area contributed by atoms with Gasteiger partial charge in [0, 0.05) is 5.56 Å². The van der Waals surface area contributed by atoms with Crippen molar-refractivity contribution in [2.45, 2.75) is 13.0 Å². The number of cyclic esters (lactones) is 1. The lowest BCUT2D eigenvalue weighted by molar-refractivity contribution is -0.145. The number of fused-ring (bicyclic) bond motifs is 1. The summed E-state index contributed by atoms with van der Waals surface area (Å²) in [6.45, 7) is 0.195. The van der Waals surface area contributed by atoms with Gasteiger partial charge in [-0.25, -0.2) is 0 Å². The van der Waals surface area contributed by atoms with Gasteiger partial charge in [0.1, 0.15) is 12.4 Å². The van der Waals surface area contributed by atoms with E-state index in [4.69, 9.17) is 4.74 Å². The highest BCUT2D eigenvalue weighted by Crippen LogP contribution is 2.25. The Morgan fingerprint density at radius 1 is 1.42 bits per heavy atom. The van der Waals surface area contributed by atoms with Crippen molar-refractivity contribution in [3.8, 4) is 5.75 Å². The Bertz CT molecular complexity index is 331. The lowest BCUT2D eigenvalue weighted by atomic mass is 10.0. The van der Waals surface area contributed by atoms with Crippen LogP contribution in [0.25, 0.3) is 0 Å². The van der Waals surface area contributed by atoms with Crippen molar-refractivity contribution in [2.75, 3.05) is 0 Å². The quantitative estimate of drug-likeness (QED) is 0.581. The van der Waals surface area contributed by atoms with Gasteiger partial charge in [-0.1, -0.05) is 12.1 Å². The predicted molar refractivity (Wildman–Crippen MR) is 41.6 cm³/mol. The largest absolute Gasteiger partial charge is 0.508 e. The van der Waals surface area contributed by atoms with E-state index < -0.39 is 0 Å². The van der Waals surface area contributed by atoms with Gasteiger partial charge in [0.2, 0.25) is 0 Å². The van der Waals surface area contributed by atoms with E-state index in [0.717, 1.165) is 11.1 Å². The van der Waals surface area contributed by atoms with Crippen LogP contribution in [0.15, 0.2) is 18.2 Å². The molecule has 0 unspecified atom stereocenters. The summed E-state index contributed by atoms with van der Waals surface area (Å²) in [5.41, 5.74) is 1.60. The van der Waals surface area contributed by atoms with E-state index in [0.29, 0.717) is 0 Å². The number of ether oxygens (including phenoxy) is 1. The van der Waals surface area contributed by atoms with Crippen molar-refractivity contribution in [3.63, 3.8) is 0 Å². The van der Waals surface area contributed by atoms with Crippen LogP contribution in [0.3, 0.4) is 0 Å². The minimum atomic E-state index is -0.229. The molecule has 0 radical (unpaired) electrons. The van der Waals surface area contributed by atoms with Gasteiger partial charge in [-0.15, -0.1) is 0 Å². The molecule has 0 aromatic heterocycles. The Balaban J connectivity index is 2.48. The fourth-order valence-corrected chi connectivity index (χ4v) is 1.31. The maximum atomic E-state index is 10.8. The van der Waals surface area contributed by atoms with Gasteiger partial charge >= 0.3 is 5.97 Å². The number of aromatic hydroxyl groups is 1. The Kier molecular flexibility index (Phi) is 1.50. The first-order valence-electron chi connectivity index (χ1n) is 3.73. The highest BCUT2D eigenvalue weighted by Gasteiger charge is 2.18. The van der Waals surface area contributed by atoms with Gasteiger partial charge in [0.25, 0.3) is 0 Å². The van der Waals surface area contributed by atoms with Crippen LogP contribution in [0.1, 0.15) is 11.1 Å². The minimum absolute atomic E-state index is 0.195. The topological polar surface area (TPSA) is 46.5 Å². The molecule has 1 aromatic rings. The maximum absolute atomic E-state index is 10.8. The number of benzene rings is 1. The minimum Gasteiger partial charge on any atom is -0.508 e. The number of phenolic OH excluding ortho intramolecular Hbond substituents is 1. The molecule has 0 amide bonds. The molecule has 12 heavy (non-hydrogen) atoms. The first-order chi connectivity index (χ1) is 5.77. The molecule has 3 nitrogen and oxygen atoms in total. The Hall–Kier alpha value is -1.51. The summed E-state index contributed by atoms with van der Waals surface area (Å²) in [4.78, 5) is 10.8. The molecule has 3 heteroatoms. The highest BCUT2D eigenvalue weighted by atomic mass is 16.5. The molecule has 1 aliphatic rings. The zero-order valence-corrected chi connectivity index (χ0v) is 6.41. The third-order valence-corrected chi connectivity index (χ3v) is 1.96. The van der Waals surface area contributed by atoms with Crippen LogP contribution in [0.4, 0.5) is 0 Å². The Labute approximate surface area is 69.6 Å². The van der Waals surface area contributed by atoms with E-state index in [1.807, 2.05) is 6.07 Å². The number of carbonyl (C=O) groups excluding carboxylic acids is 1. The number of hydrogen-bond acceptors (Lipinski definition) is 3. The zero-order chi connectivity index (χ0) is 8.55. The number of hydrogen-bond donors (Lipinski definition) is 1. The van der Waals surface area contributed by atoms with E-state index in [-0.39, 0.29) is 24.7 Å². The molecule has 0 bridgehead atoms. The Morgan fingerprint density at radius 3 is 3.08 bits per heavy atom. The van der Waals surface area contributed by atoms with E-state index >= 15 is 0 Å². The molecule has 0 aliphatic carbocycles. The summed E-state index contributed by atoms with van der Waals surface area (Å²) in [5.74, 6) is -0.0203. The van der Waals surface area contributed by atoms with Crippen molar-refractivity contribution >= 4 is 5.97 Å². The Morgan fingerprint density at radius 2 is 2.25 bits per heavy atom. The van der Waals surface area contributed by atoms with Crippen LogP contribution in [-0.2, 0) is 22.6 Å². The van der Waals surface area contributed by atoms with E-state index in [9.17, 15) is 9.90 Å². The van der Waals surface area contributed by atoms with E-state index in [1.165, 1.54) is 0 Å². The molecule has 1 aliphatic heterocycles. The average molecular weight is 164 g/mol. The smallest absolute Gasteiger partial charge is 0.310 e. The molecule has 1 aromatic carbocycles. The molecular formula is C9H8O3. The molecule has 1 heterocycles. The van der Waals surface area contributed by atoms with Crippen molar-refractivity contribution in [1.82, 2.24) is 0 Å². The van der Waals surface area contributed by atoms with E-state index in [1.54, 1.807) is 12.1 Å². The van der Waals surface area contributed by atoms with Crippen LogP contribution in [0, 0.1) is 0 Å². The lowest BCUT2D eigenvalue weighted by Crippen LogP contribution is -2.15. The van der Waals surface area contributed by atoms with Gasteiger partial charge < -0.3 is 9.84 Å². The third-order valence-electron chi connectivity index (χ3n) is 1.96. The molecule has 0 saturated heterocycles. The van der Waals surface area contributed by atoms with Crippen LogP contribution in [0.2, 0.25) is 0 Å². The number of rotatable bonds is 0. The molecule has 2 rings (SSSR count). The van der Waals surface area contributed by atoms with Crippen LogP contribution in [-0.4, -0.2) is 11.1 Å². The fourth-order valence-electron chi connectivity index (χ4n) is 1.31. The fraction of sp³-hybridized carbons (Fsp3) is 0.222. The molecule has 62 valence electrons. The molecule has 0 saturated carbocycles. The summed E-state index contributed by atoms with van der Waals surface area (Å²) >= 11 is 0. The van der Waals surface area contributed by atoms with Crippen LogP contribution >= 0.6 is 0 Å². The molecular weight excluding hydrogens is 156 g/mol. The van der Waals surface area contributed by atoms with Crippen LogP contribution < -0.4 is 0 Å². The monoisotopic (exact) mass is 164 g/mol. The first kappa shape index (κ1) is 7.16. The third kappa shape index (κ3) is 1.03. The van der Waals surface area contributed by atoms with Gasteiger partial charge in [0.05, 0.1) is 6.42 Å². The van der Waals surface area contributed by atoms with Gasteiger partial charge in [-0.2, -0.15) is 0 Å². The standard InChI is InChI=1S/C9H8O3/c10-8-3-1-2-6-4-9(11)12-5-7(6)8/h1-3,10H,4-5H2. The summed E-state index contributed by atoms with van der Waals surface area (Å²) in [5, 5.41) is 9.35. The maximum Gasteiger partial charge on any atom is 0.310 e. The zero-order valence-electron chi connectivity index (χ0n) is 6.41. The summed E-state index contributed by atoms with van der Waals surface area (Å²) in [6, 6.07) is 5.15. The van der Waals surface area contributed by atoms with Gasteiger partial charge in [0.15, 0.2) is 0 Å². The first-order valence-corrected chi connectivity index (χ1v) is 3.73. The second kappa shape index (κ2) is 2.52. The number of esters is 1. The summed E-state index contributed by atoms with van der Waals surface area (Å²) in [6.07, 6.45) is 0.268. The normalized spacial score (nSPS) is 15.2.